The van der Waals surface area contributed by atoms with Crippen LogP contribution in [0.5, 0.6) is 0 Å². The number of aliphatic carboxylic acids is 1. The number of hydroxylamine groups is 2. The summed E-state index contributed by atoms with van der Waals surface area (Å²) in [6, 6.07) is 13.2. The van der Waals surface area contributed by atoms with E-state index in [2.05, 4.69) is 17.1 Å². The molecule has 11 nitrogen and oxygen atoms in total. The van der Waals surface area contributed by atoms with E-state index in [1.54, 1.807) is 27.7 Å². The second-order valence-electron chi connectivity index (χ2n) is 12.3. The van der Waals surface area contributed by atoms with Crippen molar-refractivity contribution in [2.24, 2.45) is 22.9 Å². The number of nitrogens with one attached hydrogen (secondary N) is 1. The van der Waals surface area contributed by atoms with Crippen molar-refractivity contribution in [3.05, 3.63) is 72.3 Å². The highest BCUT2D eigenvalue weighted by Crippen LogP contribution is 2.45. The van der Waals surface area contributed by atoms with E-state index in [0.717, 1.165) is 22.3 Å². The zero-order chi connectivity index (χ0) is 31.9. The molecule has 3 amide bonds. The second-order valence-corrected chi connectivity index (χ2v) is 12.3. The standard InChI is InChI=1S/C33H38N4O7/c1-6-20-16-33(20,32(41)42)34-29(38)26-15-21(17-36(26)31(40)28(18(2)3)37(43)30(39)19(4)5)44-35-27-24-13-9-7-11-22(24)23-12-8-10-14-25(23)27/h6-14,18-21,26,28,43H,1,15-17H2,2-5H3,(H,34,38)(H,41,42)/t20-,21-,26+,28-,33+/m1/s1. The third-order valence-corrected chi connectivity index (χ3v) is 8.69. The van der Waals surface area contributed by atoms with Gasteiger partial charge in [-0.15, -0.1) is 6.58 Å². The maximum atomic E-state index is 14.0. The lowest BCUT2D eigenvalue weighted by Crippen LogP contribution is -2.58. The van der Waals surface area contributed by atoms with E-state index in [4.69, 9.17) is 4.84 Å². The number of fused-ring (bicyclic) bond motifs is 3. The molecular weight excluding hydrogens is 564 g/mol. The zero-order valence-electron chi connectivity index (χ0n) is 25.3. The lowest BCUT2D eigenvalue weighted by molar-refractivity contribution is -0.190. The number of oxime groups is 1. The van der Waals surface area contributed by atoms with Gasteiger partial charge in [0.05, 0.1) is 6.54 Å². The van der Waals surface area contributed by atoms with Crippen LogP contribution in [0.1, 0.15) is 51.7 Å². The Labute approximate surface area is 256 Å². The average Bonchev–Trinajstić information content (AvgIpc) is 3.39. The smallest absolute Gasteiger partial charge is 0.330 e. The maximum Gasteiger partial charge on any atom is 0.330 e. The number of benzene rings is 2. The van der Waals surface area contributed by atoms with E-state index in [1.165, 1.54) is 11.0 Å². The second kappa shape index (κ2) is 11.9. The molecule has 0 spiro atoms. The molecule has 0 bridgehead atoms. The number of hydrogen-bond donors (Lipinski definition) is 3. The molecule has 2 aromatic carbocycles. The molecule has 44 heavy (non-hydrogen) atoms. The Hall–Kier alpha value is -4.51. The molecule has 2 aromatic rings. The number of likely N-dealkylation sites (tertiary alicyclic amines) is 1. The lowest BCUT2D eigenvalue weighted by atomic mass is 10.0. The SMILES string of the molecule is C=C[C@@H]1C[C@@]1(NC(=O)[C@@H]1C[C@@H](ON=C2c3ccccc3-c3ccccc32)CN1C(=O)[C@@H](C(C)C)N(O)C(=O)C(C)C)C(=O)O. The van der Waals surface area contributed by atoms with Crippen LogP contribution in [0.25, 0.3) is 11.1 Å². The van der Waals surface area contributed by atoms with E-state index in [-0.39, 0.29) is 19.4 Å². The Balaban J connectivity index is 1.44. The van der Waals surface area contributed by atoms with Gasteiger partial charge in [0.25, 0.3) is 0 Å². The number of carboxylic acids is 1. The Morgan fingerprint density at radius 1 is 1.05 bits per heavy atom. The molecule has 0 aromatic heterocycles. The van der Waals surface area contributed by atoms with Crippen molar-refractivity contribution in [1.82, 2.24) is 15.3 Å². The molecule has 1 aliphatic heterocycles. The van der Waals surface area contributed by atoms with Crippen molar-refractivity contribution in [3.8, 4) is 11.1 Å². The number of amides is 3. The fraction of sp³-hybridized carbons (Fsp3) is 0.424. The van der Waals surface area contributed by atoms with Crippen molar-refractivity contribution >= 4 is 29.4 Å². The molecule has 5 atom stereocenters. The topological polar surface area (TPSA) is 149 Å². The summed E-state index contributed by atoms with van der Waals surface area (Å²) in [5.41, 5.74) is 2.95. The Morgan fingerprint density at radius 3 is 2.09 bits per heavy atom. The molecular formula is C33H38N4O7. The number of carbonyl (C=O) groups excluding carboxylic acids is 3. The Morgan fingerprint density at radius 2 is 1.61 bits per heavy atom. The molecule has 11 heteroatoms. The third-order valence-electron chi connectivity index (χ3n) is 8.69. The van der Waals surface area contributed by atoms with Crippen molar-refractivity contribution in [3.63, 3.8) is 0 Å². The minimum atomic E-state index is -1.50. The highest BCUT2D eigenvalue weighted by Gasteiger charge is 2.61. The monoisotopic (exact) mass is 602 g/mol. The number of carbonyl (C=O) groups is 4. The van der Waals surface area contributed by atoms with Crippen LogP contribution in [0.15, 0.2) is 66.3 Å². The van der Waals surface area contributed by atoms with Gasteiger partial charge >= 0.3 is 5.97 Å². The maximum absolute atomic E-state index is 14.0. The summed E-state index contributed by atoms with van der Waals surface area (Å²) >= 11 is 0. The van der Waals surface area contributed by atoms with Crippen LogP contribution in [0.2, 0.25) is 0 Å². The first-order valence-corrected chi connectivity index (χ1v) is 14.8. The van der Waals surface area contributed by atoms with Gasteiger partial charge in [0.1, 0.15) is 29.4 Å². The molecule has 3 aliphatic rings. The minimum absolute atomic E-state index is 0.0282. The van der Waals surface area contributed by atoms with Gasteiger partial charge < -0.3 is 20.2 Å². The lowest BCUT2D eigenvalue weighted by Gasteiger charge is -2.34. The van der Waals surface area contributed by atoms with Crippen LogP contribution in [0, 0.1) is 17.8 Å². The van der Waals surface area contributed by atoms with Crippen molar-refractivity contribution < 1.29 is 34.3 Å². The summed E-state index contributed by atoms with van der Waals surface area (Å²) in [5.74, 6) is -4.65. The van der Waals surface area contributed by atoms with Crippen LogP contribution >= 0.6 is 0 Å². The Bertz CT molecular complexity index is 1490. The number of carboxylic acid groups (broad SMARTS) is 1. The number of hydrogen-bond acceptors (Lipinski definition) is 7. The summed E-state index contributed by atoms with van der Waals surface area (Å²) in [6.07, 6.45) is 0.979. The third kappa shape index (κ3) is 5.36. The summed E-state index contributed by atoms with van der Waals surface area (Å²) in [4.78, 5) is 59.8. The molecule has 0 unspecified atom stereocenters. The average molecular weight is 603 g/mol. The number of rotatable bonds is 10. The molecule has 2 fully saturated rings. The van der Waals surface area contributed by atoms with Gasteiger partial charge in [0.15, 0.2) is 0 Å². The fourth-order valence-electron chi connectivity index (χ4n) is 6.15. The molecule has 2 aliphatic carbocycles. The highest BCUT2D eigenvalue weighted by atomic mass is 16.6. The molecule has 1 saturated carbocycles. The van der Waals surface area contributed by atoms with Crippen LogP contribution in [0.3, 0.4) is 0 Å². The first kappa shape index (κ1) is 30.9. The summed E-state index contributed by atoms with van der Waals surface area (Å²) in [6.45, 7) is 10.2. The van der Waals surface area contributed by atoms with Gasteiger partial charge in [-0.1, -0.05) is 87.5 Å². The molecule has 0 radical (unpaired) electrons. The molecule has 1 saturated heterocycles. The van der Waals surface area contributed by atoms with Gasteiger partial charge in [0, 0.05) is 29.4 Å². The molecule has 3 N–H and O–H groups in total. The van der Waals surface area contributed by atoms with Crippen LogP contribution < -0.4 is 5.32 Å². The van der Waals surface area contributed by atoms with Crippen LogP contribution in [0.4, 0.5) is 0 Å². The van der Waals surface area contributed by atoms with E-state index in [1.807, 2.05) is 48.5 Å². The molecule has 1 heterocycles. The van der Waals surface area contributed by atoms with Crippen LogP contribution in [-0.4, -0.2) is 80.0 Å². The minimum Gasteiger partial charge on any atom is -0.479 e. The highest BCUT2D eigenvalue weighted by molar-refractivity contribution is 6.24. The van der Waals surface area contributed by atoms with Gasteiger partial charge in [-0.2, -0.15) is 0 Å². The van der Waals surface area contributed by atoms with E-state index in [9.17, 15) is 29.5 Å². The summed E-state index contributed by atoms with van der Waals surface area (Å²) in [5, 5.41) is 28.3. The van der Waals surface area contributed by atoms with Gasteiger partial charge in [-0.25, -0.2) is 9.86 Å². The normalized spacial score (nSPS) is 23.9. The van der Waals surface area contributed by atoms with Crippen molar-refractivity contribution in [2.45, 2.75) is 64.3 Å². The number of nitrogens with zero attached hydrogens (tertiary/aromatic N) is 3. The van der Waals surface area contributed by atoms with Gasteiger partial charge in [0.2, 0.25) is 17.7 Å². The van der Waals surface area contributed by atoms with Gasteiger partial charge in [-0.05, 0) is 23.5 Å². The fourth-order valence-corrected chi connectivity index (χ4v) is 6.15. The first-order valence-electron chi connectivity index (χ1n) is 14.8. The molecule has 232 valence electrons. The van der Waals surface area contributed by atoms with E-state index in [0.29, 0.717) is 10.8 Å². The first-order chi connectivity index (χ1) is 20.9. The van der Waals surface area contributed by atoms with Crippen LogP contribution in [-0.2, 0) is 24.0 Å². The predicted octanol–water partition coefficient (Wildman–Crippen LogP) is 3.45. The zero-order valence-corrected chi connectivity index (χ0v) is 25.3. The van der Waals surface area contributed by atoms with E-state index < -0.39 is 65.2 Å². The summed E-state index contributed by atoms with van der Waals surface area (Å²) < 4.78 is 0. The van der Waals surface area contributed by atoms with Crippen molar-refractivity contribution in [2.75, 3.05) is 6.54 Å². The van der Waals surface area contributed by atoms with Gasteiger partial charge in [-0.3, -0.25) is 19.6 Å². The predicted molar refractivity (Wildman–Crippen MR) is 161 cm³/mol. The Kier molecular flexibility index (Phi) is 8.35. The summed E-state index contributed by atoms with van der Waals surface area (Å²) in [7, 11) is 0. The quantitative estimate of drug-likeness (QED) is 0.183. The largest absolute Gasteiger partial charge is 0.479 e. The van der Waals surface area contributed by atoms with Crippen molar-refractivity contribution in [1.29, 1.82) is 0 Å². The molecule has 5 rings (SSSR count). The van der Waals surface area contributed by atoms with E-state index >= 15 is 0 Å².